The second-order valence-electron chi connectivity index (χ2n) is 14.0. The monoisotopic (exact) mass is 746 g/mol. The van der Waals surface area contributed by atoms with Gasteiger partial charge in [-0.2, -0.15) is 0 Å². The Hall–Kier alpha value is 0.113. The molecular formula is C38H56Cl2P2Ru+2. The van der Waals surface area contributed by atoms with E-state index < -0.39 is 13.5 Å². The summed E-state index contributed by atoms with van der Waals surface area (Å²) in [5.74, 6) is 0.968. The number of halogens is 2. The van der Waals surface area contributed by atoms with Gasteiger partial charge >= 0.3 is 120 Å². The Bertz CT molecular complexity index is 1180. The van der Waals surface area contributed by atoms with Crippen molar-refractivity contribution in [3.05, 3.63) is 77.4 Å². The number of hydrogen-bond donors (Lipinski definition) is 0. The molecule has 4 saturated heterocycles. The van der Waals surface area contributed by atoms with Crippen molar-refractivity contribution >= 4 is 44.9 Å². The van der Waals surface area contributed by atoms with E-state index in [9.17, 15) is 0 Å². The van der Waals surface area contributed by atoms with Gasteiger partial charge in [0.15, 0.2) is 0 Å². The Morgan fingerprint density at radius 2 is 1.14 bits per heavy atom. The van der Waals surface area contributed by atoms with Gasteiger partial charge in [-0.1, -0.05) is 20.8 Å². The maximum atomic E-state index is 6.19. The summed E-state index contributed by atoms with van der Waals surface area (Å²) in [6.45, 7) is 7.21. The zero-order chi connectivity index (χ0) is 30.2. The van der Waals surface area contributed by atoms with Crippen LogP contribution in [-0.4, -0.2) is 39.1 Å². The van der Waals surface area contributed by atoms with Crippen molar-refractivity contribution < 1.29 is 13.5 Å². The third kappa shape index (κ3) is 9.14. The molecule has 0 N–H and O–H groups in total. The van der Waals surface area contributed by atoms with Crippen LogP contribution in [0.15, 0.2) is 60.7 Å². The molecule has 4 heterocycles. The third-order valence-corrected chi connectivity index (χ3v) is 22.7. The van der Waals surface area contributed by atoms with Gasteiger partial charge in [0.1, 0.15) is 0 Å². The Balaban J connectivity index is 0.000000132. The van der Waals surface area contributed by atoms with E-state index in [2.05, 4.69) is 57.2 Å². The predicted octanol–water partition coefficient (Wildman–Crippen LogP) is 12.3. The fourth-order valence-corrected chi connectivity index (χ4v) is 20.3. The summed E-state index contributed by atoms with van der Waals surface area (Å²) in [6, 6.07) is 18.7. The van der Waals surface area contributed by atoms with E-state index in [-0.39, 0.29) is 15.8 Å². The molecule has 5 aliphatic rings. The Morgan fingerprint density at radius 1 is 0.674 bits per heavy atom. The Labute approximate surface area is 279 Å². The third-order valence-electron chi connectivity index (χ3n) is 10.7. The van der Waals surface area contributed by atoms with Crippen LogP contribution in [0.1, 0.15) is 121 Å². The average Bonchev–Trinajstić information content (AvgIpc) is 3.38. The van der Waals surface area contributed by atoms with Crippen molar-refractivity contribution in [1.29, 1.82) is 0 Å². The fraction of sp³-hybridized carbons (Fsp3) is 0.605. The number of hydrogen-bond acceptors (Lipinski definition) is 0. The van der Waals surface area contributed by atoms with Gasteiger partial charge in [-0.25, -0.2) is 0 Å². The second-order valence-corrected chi connectivity index (χ2v) is 26.3. The van der Waals surface area contributed by atoms with Gasteiger partial charge in [-0.15, -0.1) is 0 Å². The van der Waals surface area contributed by atoms with Gasteiger partial charge in [0, 0.05) is 15.8 Å². The van der Waals surface area contributed by atoms with E-state index in [4.69, 9.17) is 19.4 Å². The van der Waals surface area contributed by atoms with Crippen molar-refractivity contribution in [2.24, 2.45) is 5.92 Å². The van der Waals surface area contributed by atoms with E-state index in [1.54, 1.807) is 89.4 Å². The summed E-state index contributed by atoms with van der Waals surface area (Å²) in [5.41, 5.74) is 9.79. The predicted molar refractivity (Wildman–Crippen MR) is 198 cm³/mol. The summed E-state index contributed by atoms with van der Waals surface area (Å²) in [5, 5.41) is 0. The summed E-state index contributed by atoms with van der Waals surface area (Å²) in [7, 11) is 12.6. The van der Waals surface area contributed by atoms with Crippen LogP contribution in [0.3, 0.4) is 0 Å². The van der Waals surface area contributed by atoms with Crippen LogP contribution in [0.5, 0.6) is 0 Å². The summed E-state index contributed by atoms with van der Waals surface area (Å²) < 4.78 is 1.12. The summed E-state index contributed by atoms with van der Waals surface area (Å²) in [6.07, 6.45) is 25.9. The minimum absolute atomic E-state index is 0.0723. The average molecular weight is 747 g/mol. The number of allylic oxidation sites excluding steroid dienone is 1. The zero-order valence-electron chi connectivity index (χ0n) is 26.9. The number of fused-ring (bicyclic) bond motifs is 5. The van der Waals surface area contributed by atoms with Crippen molar-refractivity contribution in [3.63, 3.8) is 0 Å². The molecule has 0 amide bonds. The first-order chi connectivity index (χ1) is 21.0. The second kappa shape index (κ2) is 17.3. The molecule has 0 aromatic heterocycles. The normalized spacial score (nSPS) is 29.4. The van der Waals surface area contributed by atoms with Gasteiger partial charge < -0.3 is 0 Å². The van der Waals surface area contributed by atoms with Crippen molar-refractivity contribution in [2.45, 2.75) is 127 Å². The molecule has 238 valence electrons. The van der Waals surface area contributed by atoms with Crippen molar-refractivity contribution in [1.82, 2.24) is 0 Å². The molecular weight excluding hydrogens is 690 g/mol. The molecule has 2 aromatic carbocycles. The van der Waals surface area contributed by atoms with Crippen LogP contribution in [0, 0.1) is 5.92 Å². The molecule has 0 nitrogen and oxygen atoms in total. The first-order valence-electron chi connectivity index (χ1n) is 17.4. The maximum absolute atomic E-state index is 6.19. The summed E-state index contributed by atoms with van der Waals surface area (Å²) in [4.78, 5) is 0. The molecule has 2 aromatic rings. The van der Waals surface area contributed by atoms with E-state index in [0.29, 0.717) is 0 Å². The molecule has 4 fully saturated rings. The quantitative estimate of drug-likeness (QED) is 0.211. The van der Waals surface area contributed by atoms with E-state index in [1.165, 1.54) is 51.3 Å². The van der Waals surface area contributed by atoms with Gasteiger partial charge in [0.05, 0.1) is 35.0 Å². The molecule has 43 heavy (non-hydrogen) atoms. The van der Waals surface area contributed by atoms with Crippen LogP contribution in [0.2, 0.25) is 0 Å². The standard InChI is InChI=1S/C15H10.C12H23P.C11H21P.2ClH.Ru/c1-2-6-12(7-3-1)15-11-10-13-8-4-5-9-14(13)15;1-10(2)9-13-11-5-3-6-12(13)8-4-7-11;1-2-9-12-10-5-3-6-11(12)8-4-7-10;;;/h1-9,11H;10-12H,3-9H2,1-2H3;10-11H,2-9H2,1H3;2*1H;/q;;;;;+2. The molecule has 0 saturated carbocycles. The van der Waals surface area contributed by atoms with Crippen molar-refractivity contribution in [3.8, 4) is 0 Å². The van der Waals surface area contributed by atoms with Gasteiger partial charge in [-0.3, -0.25) is 0 Å². The van der Waals surface area contributed by atoms with Gasteiger partial charge in [0.2, 0.25) is 0 Å². The van der Waals surface area contributed by atoms with Crippen LogP contribution in [0.25, 0.3) is 5.57 Å². The zero-order valence-corrected chi connectivity index (χ0v) is 32.1. The first-order valence-corrected chi connectivity index (χ1v) is 26.5. The van der Waals surface area contributed by atoms with Gasteiger partial charge in [-0.05, 0) is 89.4 Å². The van der Waals surface area contributed by atoms with E-state index in [0.717, 1.165) is 10.0 Å². The molecule has 0 spiro atoms. The molecule has 7 rings (SSSR count). The molecule has 0 atom stereocenters. The van der Waals surface area contributed by atoms with E-state index in [1.807, 2.05) is 24.3 Å². The van der Waals surface area contributed by atoms with Gasteiger partial charge in [0.25, 0.3) is 0 Å². The van der Waals surface area contributed by atoms with Crippen LogP contribution >= 0.6 is 35.2 Å². The Kier molecular flexibility index (Phi) is 13.9. The molecule has 4 aliphatic heterocycles. The molecule has 5 heteroatoms. The number of rotatable bonds is 5. The van der Waals surface area contributed by atoms with Crippen LogP contribution < -0.4 is 0 Å². The van der Waals surface area contributed by atoms with Crippen LogP contribution in [0.4, 0.5) is 0 Å². The summed E-state index contributed by atoms with van der Waals surface area (Å²) >= 11 is -1.88. The first kappa shape index (κ1) is 34.4. The molecule has 0 unspecified atom stereocenters. The van der Waals surface area contributed by atoms with Crippen LogP contribution in [-0.2, 0) is 13.5 Å². The Morgan fingerprint density at radius 3 is 1.60 bits per heavy atom. The molecule has 4 bridgehead atoms. The fourth-order valence-electron chi connectivity index (χ4n) is 8.84. The van der Waals surface area contributed by atoms with E-state index >= 15 is 0 Å². The SMILES string of the molecule is CC(C)C[PH+]1C2CCCC1CCC2.CCC[PH+]1C2CCCC1CCC2.[Cl][Ru]([Cl])=[C]1C=C(c2ccccc2)c2ccccc21. The molecule has 1 aliphatic carbocycles. The minimum atomic E-state index is -1.88. The number of benzene rings is 2. The molecule has 0 radical (unpaired) electrons. The van der Waals surface area contributed by atoms with Crippen molar-refractivity contribution in [2.75, 3.05) is 12.3 Å². The topological polar surface area (TPSA) is 0 Å².